The Balaban J connectivity index is 1.72. The zero-order valence-electron chi connectivity index (χ0n) is 10.5. The molecule has 0 saturated heterocycles. The second-order valence-electron chi connectivity index (χ2n) is 6.33. The molecule has 3 atom stereocenters. The molecule has 1 aliphatic heterocycles. The maximum absolute atomic E-state index is 5.37. The molecule has 1 aromatic rings. The average molecular weight is 333 g/mol. The minimum atomic E-state index is 0.523. The molecule has 3 fully saturated rings. The molecule has 3 aliphatic carbocycles. The van der Waals surface area contributed by atoms with E-state index in [9.17, 15) is 0 Å². The highest BCUT2D eigenvalue weighted by Gasteiger charge is 2.62. The van der Waals surface area contributed by atoms with Crippen LogP contribution in [-0.2, 0) is 0 Å². The van der Waals surface area contributed by atoms with Crippen molar-refractivity contribution in [3.8, 4) is 0 Å². The molecule has 2 bridgehead atoms. The summed E-state index contributed by atoms with van der Waals surface area (Å²) >= 11 is 13.3. The van der Waals surface area contributed by atoms with Crippen molar-refractivity contribution in [2.24, 2.45) is 17.3 Å². The summed E-state index contributed by atoms with van der Waals surface area (Å²) in [6.45, 7) is 5.01. The van der Waals surface area contributed by atoms with Gasteiger partial charge in [0.1, 0.15) is 3.14 Å². The summed E-state index contributed by atoms with van der Waals surface area (Å²) in [6.07, 6.45) is 4.35. The van der Waals surface area contributed by atoms with Crippen LogP contribution in [0.1, 0.15) is 33.1 Å². The van der Waals surface area contributed by atoms with Gasteiger partial charge in [-0.3, -0.25) is 0 Å². The van der Waals surface area contributed by atoms with Crippen molar-refractivity contribution >= 4 is 58.4 Å². The summed E-state index contributed by atoms with van der Waals surface area (Å²) in [4.78, 5) is 0. The molecule has 0 N–H and O–H groups in total. The molecule has 98 valence electrons. The van der Waals surface area contributed by atoms with Crippen LogP contribution < -0.4 is 0 Å². The van der Waals surface area contributed by atoms with Crippen molar-refractivity contribution in [1.29, 1.82) is 0 Å². The van der Waals surface area contributed by atoms with E-state index in [1.54, 1.807) is 0 Å². The molecule has 18 heavy (non-hydrogen) atoms. The standard InChI is InChI=1S/C13H16S5/c1-12(2)7-3-4-13(8(12)5-7)6-15-9-10(18-13)17-11(14)16-9/h7-8H,3-6H2,1-2H3/t7-,8+,13+/m0/s1. The van der Waals surface area contributed by atoms with Crippen LogP contribution in [0.5, 0.6) is 0 Å². The van der Waals surface area contributed by atoms with Gasteiger partial charge in [0.15, 0.2) is 0 Å². The lowest BCUT2D eigenvalue weighted by molar-refractivity contribution is -0.0840. The topological polar surface area (TPSA) is 0 Å². The Morgan fingerprint density at radius 2 is 2.00 bits per heavy atom. The highest BCUT2D eigenvalue weighted by molar-refractivity contribution is 8.09. The van der Waals surface area contributed by atoms with Gasteiger partial charge in [-0.25, -0.2) is 0 Å². The summed E-state index contributed by atoms with van der Waals surface area (Å²) in [6, 6.07) is 0. The van der Waals surface area contributed by atoms with Crippen molar-refractivity contribution in [2.75, 3.05) is 5.75 Å². The van der Waals surface area contributed by atoms with E-state index in [1.807, 2.05) is 22.7 Å². The fourth-order valence-electron chi connectivity index (χ4n) is 4.09. The van der Waals surface area contributed by atoms with Crippen LogP contribution in [0.3, 0.4) is 0 Å². The Kier molecular flexibility index (Phi) is 2.82. The zero-order valence-corrected chi connectivity index (χ0v) is 14.6. The molecule has 5 rings (SSSR count). The van der Waals surface area contributed by atoms with Crippen LogP contribution >= 0.6 is 58.4 Å². The third-order valence-corrected chi connectivity index (χ3v) is 11.8. The summed E-state index contributed by atoms with van der Waals surface area (Å²) in [5.74, 6) is 3.24. The van der Waals surface area contributed by atoms with Crippen molar-refractivity contribution in [3.63, 3.8) is 0 Å². The third kappa shape index (κ3) is 1.60. The van der Waals surface area contributed by atoms with Gasteiger partial charge >= 0.3 is 0 Å². The molecule has 3 saturated carbocycles. The number of rotatable bonds is 0. The summed E-state index contributed by atoms with van der Waals surface area (Å²) < 4.78 is 4.66. The largest absolute Gasteiger partial charge is 0.145 e. The maximum atomic E-state index is 5.37. The van der Waals surface area contributed by atoms with E-state index in [4.69, 9.17) is 12.2 Å². The van der Waals surface area contributed by atoms with Gasteiger partial charge in [0.05, 0.1) is 8.42 Å². The van der Waals surface area contributed by atoms with Crippen LogP contribution in [0.4, 0.5) is 0 Å². The molecular weight excluding hydrogens is 316 g/mol. The van der Waals surface area contributed by atoms with E-state index in [0.29, 0.717) is 10.2 Å². The maximum Gasteiger partial charge on any atom is 0.145 e. The van der Waals surface area contributed by atoms with E-state index >= 15 is 0 Å². The predicted octanol–water partition coefficient (Wildman–Crippen LogP) is 5.93. The molecule has 1 spiro atoms. The fraction of sp³-hybridized carbons (Fsp3) is 0.769. The van der Waals surface area contributed by atoms with Gasteiger partial charge < -0.3 is 0 Å². The number of hydrogen-bond acceptors (Lipinski definition) is 5. The van der Waals surface area contributed by atoms with Gasteiger partial charge in [0.2, 0.25) is 0 Å². The van der Waals surface area contributed by atoms with E-state index in [1.165, 1.54) is 33.4 Å². The molecule has 5 heteroatoms. The molecule has 0 unspecified atom stereocenters. The molecule has 2 heterocycles. The molecular formula is C13H16S5. The van der Waals surface area contributed by atoms with Crippen LogP contribution in [-0.4, -0.2) is 10.5 Å². The SMILES string of the molecule is CC1(C)[C@H]2CC[C@@]3(CSc4sc(=S)sc4S3)[C@@H]1C2. The Morgan fingerprint density at radius 3 is 2.72 bits per heavy atom. The second-order valence-corrected chi connectivity index (χ2v) is 12.5. The monoisotopic (exact) mass is 332 g/mol. The van der Waals surface area contributed by atoms with Crippen LogP contribution in [0.15, 0.2) is 8.42 Å². The van der Waals surface area contributed by atoms with Crippen LogP contribution in [0.2, 0.25) is 0 Å². The Morgan fingerprint density at radius 1 is 1.22 bits per heavy atom. The van der Waals surface area contributed by atoms with Gasteiger partial charge in [-0.05, 0) is 36.5 Å². The first-order chi connectivity index (χ1) is 8.51. The minimum Gasteiger partial charge on any atom is -0.112 e. The van der Waals surface area contributed by atoms with Crippen molar-refractivity contribution < 1.29 is 0 Å². The van der Waals surface area contributed by atoms with E-state index in [-0.39, 0.29) is 0 Å². The highest BCUT2D eigenvalue weighted by atomic mass is 32.2. The Hall–Kier alpha value is 0.970. The molecule has 4 aliphatic rings. The van der Waals surface area contributed by atoms with Crippen molar-refractivity contribution in [3.05, 3.63) is 3.14 Å². The normalized spacial score (nSPS) is 40.3. The predicted molar refractivity (Wildman–Crippen MR) is 87.0 cm³/mol. The van der Waals surface area contributed by atoms with Crippen molar-refractivity contribution in [1.82, 2.24) is 0 Å². The first kappa shape index (κ1) is 12.7. The first-order valence-electron chi connectivity index (χ1n) is 6.47. The molecule has 0 radical (unpaired) electrons. The molecule has 0 amide bonds. The van der Waals surface area contributed by atoms with E-state index in [2.05, 4.69) is 37.4 Å². The van der Waals surface area contributed by atoms with E-state index < -0.39 is 0 Å². The summed E-state index contributed by atoms with van der Waals surface area (Å²) in [5.41, 5.74) is 0.584. The van der Waals surface area contributed by atoms with Gasteiger partial charge in [-0.1, -0.05) is 26.1 Å². The Bertz CT molecular complexity index is 552. The lowest BCUT2D eigenvalue weighted by atomic mass is 9.45. The molecule has 1 aromatic heterocycles. The second kappa shape index (κ2) is 4.00. The van der Waals surface area contributed by atoms with Crippen LogP contribution in [0.25, 0.3) is 0 Å². The number of thioether (sulfide) groups is 2. The lowest BCUT2D eigenvalue weighted by Gasteiger charge is -2.65. The number of hydrogen-bond donors (Lipinski definition) is 0. The molecule has 0 aromatic carbocycles. The van der Waals surface area contributed by atoms with Crippen LogP contribution in [0, 0.1) is 20.4 Å². The van der Waals surface area contributed by atoms with Crippen molar-refractivity contribution in [2.45, 2.75) is 46.3 Å². The Labute approximate surface area is 130 Å². The highest BCUT2D eigenvalue weighted by Crippen LogP contribution is 2.70. The smallest absolute Gasteiger partial charge is 0.112 e. The van der Waals surface area contributed by atoms with Gasteiger partial charge in [-0.2, -0.15) is 0 Å². The average Bonchev–Trinajstić information content (AvgIpc) is 2.68. The van der Waals surface area contributed by atoms with E-state index in [0.717, 1.165) is 15.0 Å². The molecule has 0 nitrogen and oxygen atoms in total. The lowest BCUT2D eigenvalue weighted by Crippen LogP contribution is -2.61. The number of fused-ring (bicyclic) bond motifs is 2. The first-order valence-corrected chi connectivity index (χ1v) is 10.3. The van der Waals surface area contributed by atoms with Gasteiger partial charge in [0, 0.05) is 10.5 Å². The zero-order chi connectivity index (χ0) is 12.5. The van der Waals surface area contributed by atoms with Gasteiger partial charge in [0.25, 0.3) is 0 Å². The summed E-state index contributed by atoms with van der Waals surface area (Å²) in [5, 5.41) is 0. The minimum absolute atomic E-state index is 0.523. The fourth-order valence-corrected chi connectivity index (χ4v) is 11.5. The van der Waals surface area contributed by atoms with Gasteiger partial charge in [-0.15, -0.1) is 46.2 Å². The third-order valence-electron chi connectivity index (χ3n) is 5.28. The summed E-state index contributed by atoms with van der Waals surface area (Å²) in [7, 11) is 0. The quantitative estimate of drug-likeness (QED) is 0.540.